The zero-order chi connectivity index (χ0) is 24.8. The highest BCUT2D eigenvalue weighted by Gasteiger charge is 2.52. The summed E-state index contributed by atoms with van der Waals surface area (Å²) in [7, 11) is -0.467. The van der Waals surface area contributed by atoms with Crippen molar-refractivity contribution >= 4 is 34.1 Å². The van der Waals surface area contributed by atoms with E-state index in [9.17, 15) is 0 Å². The van der Waals surface area contributed by atoms with Crippen molar-refractivity contribution in [2.24, 2.45) is 5.92 Å². The number of ether oxygens (including phenoxy) is 1. The fourth-order valence-corrected chi connectivity index (χ4v) is 4.65. The largest absolute Gasteiger partial charge is 0.498 e. The summed E-state index contributed by atoms with van der Waals surface area (Å²) in [5.74, 6) is 1.29. The Hall–Kier alpha value is -2.82. The van der Waals surface area contributed by atoms with Gasteiger partial charge in [-0.1, -0.05) is 80.9 Å². The van der Waals surface area contributed by atoms with Gasteiger partial charge in [0.15, 0.2) is 0 Å². The summed E-state index contributed by atoms with van der Waals surface area (Å²) in [6.07, 6.45) is 1.07. The van der Waals surface area contributed by atoms with Crippen LogP contribution >= 0.6 is 0 Å². The van der Waals surface area contributed by atoms with Gasteiger partial charge in [-0.25, -0.2) is 0 Å². The number of fused-ring (bicyclic) bond motifs is 2. The quantitative estimate of drug-likeness (QED) is 0.219. The predicted octanol–water partition coefficient (Wildman–Crippen LogP) is 7.38. The fraction of sp³-hybridized carbons (Fsp3) is 0.355. The molecule has 1 unspecified atom stereocenters. The minimum Gasteiger partial charge on any atom is -0.494 e. The van der Waals surface area contributed by atoms with Gasteiger partial charge in [-0.15, -0.1) is 0 Å². The fourth-order valence-electron chi connectivity index (χ4n) is 4.65. The van der Waals surface area contributed by atoms with Crippen molar-refractivity contribution in [2.75, 3.05) is 6.61 Å². The maximum Gasteiger partial charge on any atom is 0.498 e. The molecular weight excluding hydrogens is 431 g/mol. The molecule has 0 saturated carbocycles. The molecule has 180 valence electrons. The first-order valence-electron chi connectivity index (χ1n) is 12.7. The van der Waals surface area contributed by atoms with Gasteiger partial charge in [-0.05, 0) is 78.4 Å². The van der Waals surface area contributed by atoms with E-state index in [4.69, 9.17) is 14.0 Å². The summed E-state index contributed by atoms with van der Waals surface area (Å²) >= 11 is 0. The molecule has 3 nitrogen and oxygen atoms in total. The normalized spacial score (nSPS) is 17.7. The lowest BCUT2D eigenvalue weighted by molar-refractivity contribution is 0.00578. The summed E-state index contributed by atoms with van der Waals surface area (Å²) < 4.78 is 19.3. The van der Waals surface area contributed by atoms with Gasteiger partial charge in [0.2, 0.25) is 0 Å². The van der Waals surface area contributed by atoms with Crippen LogP contribution in [0.5, 0.6) is 5.75 Å². The summed E-state index contributed by atoms with van der Waals surface area (Å²) in [5.41, 5.74) is 2.50. The van der Waals surface area contributed by atoms with Crippen LogP contribution in [0.4, 0.5) is 0 Å². The summed E-state index contributed by atoms with van der Waals surface area (Å²) in [5, 5.41) is 4.95. The zero-order valence-electron chi connectivity index (χ0n) is 21.7. The van der Waals surface area contributed by atoms with Crippen LogP contribution in [-0.4, -0.2) is 24.9 Å². The topological polar surface area (TPSA) is 27.7 Å². The van der Waals surface area contributed by atoms with E-state index in [1.807, 2.05) is 0 Å². The van der Waals surface area contributed by atoms with Gasteiger partial charge >= 0.3 is 7.12 Å². The molecule has 1 fully saturated rings. The van der Waals surface area contributed by atoms with Gasteiger partial charge in [0, 0.05) is 5.46 Å². The van der Waals surface area contributed by atoms with E-state index in [1.165, 1.54) is 27.1 Å². The van der Waals surface area contributed by atoms with Gasteiger partial charge < -0.3 is 14.0 Å². The first-order valence-corrected chi connectivity index (χ1v) is 12.7. The second kappa shape index (κ2) is 9.00. The third-order valence-electron chi connectivity index (χ3n) is 7.80. The average Bonchev–Trinajstić information content (AvgIpc) is 3.07. The van der Waals surface area contributed by atoms with Crippen molar-refractivity contribution in [2.45, 2.75) is 59.2 Å². The van der Waals surface area contributed by atoms with E-state index in [0.717, 1.165) is 23.2 Å². The minimum atomic E-state index is -0.467. The highest BCUT2D eigenvalue weighted by molar-refractivity contribution is 6.63. The predicted molar refractivity (Wildman–Crippen MR) is 148 cm³/mol. The average molecular weight is 466 g/mol. The van der Waals surface area contributed by atoms with Gasteiger partial charge in [-0.2, -0.15) is 0 Å². The third kappa shape index (κ3) is 4.35. The Balaban J connectivity index is 1.67. The molecule has 0 N–H and O–H groups in total. The highest BCUT2D eigenvalue weighted by atomic mass is 16.7. The molecule has 4 heteroatoms. The standard InChI is InChI=1S/C31H35BO3/c1-7-21(2)20-33-28-19-24(16-17-27(28)32-34-30(3,4)31(5,6)35-32)29-25-14-10-8-12-22(25)18-23-13-9-11-15-26(23)29/h8-19,21H,7,20H2,1-6H3. The molecule has 1 aliphatic rings. The summed E-state index contributed by atoms with van der Waals surface area (Å²) in [6, 6.07) is 26.0. The Morgan fingerprint density at radius 3 is 1.94 bits per heavy atom. The number of hydrogen-bond donors (Lipinski definition) is 0. The van der Waals surface area contributed by atoms with Crippen molar-refractivity contribution in [3.8, 4) is 16.9 Å². The van der Waals surface area contributed by atoms with Crippen LogP contribution in [0.1, 0.15) is 48.0 Å². The van der Waals surface area contributed by atoms with E-state index in [0.29, 0.717) is 12.5 Å². The Kier molecular flexibility index (Phi) is 6.15. The second-order valence-electron chi connectivity index (χ2n) is 10.9. The van der Waals surface area contributed by atoms with E-state index in [2.05, 4.69) is 114 Å². The van der Waals surface area contributed by atoms with Crippen molar-refractivity contribution in [1.82, 2.24) is 0 Å². The summed E-state index contributed by atoms with van der Waals surface area (Å²) in [6.45, 7) is 13.4. The lowest BCUT2D eigenvalue weighted by Crippen LogP contribution is -2.41. The Labute approximate surface area is 209 Å². The molecule has 1 saturated heterocycles. The summed E-state index contributed by atoms with van der Waals surface area (Å²) in [4.78, 5) is 0. The van der Waals surface area contributed by atoms with Crippen molar-refractivity contribution in [3.63, 3.8) is 0 Å². The van der Waals surface area contributed by atoms with Crippen LogP contribution in [0, 0.1) is 5.92 Å². The number of hydrogen-bond acceptors (Lipinski definition) is 3. The maximum absolute atomic E-state index is 6.46. The van der Waals surface area contributed by atoms with E-state index in [1.54, 1.807) is 0 Å². The molecule has 0 aromatic heterocycles. The monoisotopic (exact) mass is 466 g/mol. The molecule has 0 aliphatic carbocycles. The Bertz CT molecular complexity index is 1300. The van der Waals surface area contributed by atoms with Gasteiger partial charge in [0.25, 0.3) is 0 Å². The smallest absolute Gasteiger partial charge is 0.494 e. The maximum atomic E-state index is 6.46. The van der Waals surface area contributed by atoms with Crippen LogP contribution in [-0.2, 0) is 9.31 Å². The molecule has 0 bridgehead atoms. The number of benzene rings is 4. The molecule has 4 aromatic carbocycles. The Morgan fingerprint density at radius 1 is 0.800 bits per heavy atom. The molecule has 1 heterocycles. The molecular formula is C31H35BO3. The van der Waals surface area contributed by atoms with E-state index in [-0.39, 0.29) is 0 Å². The molecule has 0 radical (unpaired) electrons. The minimum absolute atomic E-state index is 0.407. The Morgan fingerprint density at radius 2 is 1.37 bits per heavy atom. The SMILES string of the molecule is CCC(C)COc1cc(-c2c3ccccc3cc3ccccc23)ccc1B1OC(C)(C)C(C)(C)O1. The van der Waals surface area contributed by atoms with Gasteiger partial charge in [0.05, 0.1) is 17.8 Å². The molecule has 0 spiro atoms. The first-order chi connectivity index (χ1) is 16.7. The highest BCUT2D eigenvalue weighted by Crippen LogP contribution is 2.40. The number of rotatable bonds is 6. The van der Waals surface area contributed by atoms with Crippen molar-refractivity contribution in [1.29, 1.82) is 0 Å². The van der Waals surface area contributed by atoms with Gasteiger partial charge in [0.1, 0.15) is 5.75 Å². The van der Waals surface area contributed by atoms with Gasteiger partial charge in [-0.3, -0.25) is 0 Å². The van der Waals surface area contributed by atoms with Crippen LogP contribution in [0.15, 0.2) is 72.8 Å². The lowest BCUT2D eigenvalue weighted by atomic mass is 9.77. The first kappa shape index (κ1) is 23.9. The second-order valence-corrected chi connectivity index (χ2v) is 10.9. The van der Waals surface area contributed by atoms with Crippen LogP contribution in [0.25, 0.3) is 32.7 Å². The van der Waals surface area contributed by atoms with Crippen molar-refractivity contribution < 1.29 is 14.0 Å². The van der Waals surface area contributed by atoms with Crippen LogP contribution in [0.3, 0.4) is 0 Å². The molecule has 35 heavy (non-hydrogen) atoms. The third-order valence-corrected chi connectivity index (χ3v) is 7.80. The lowest BCUT2D eigenvalue weighted by Gasteiger charge is -2.32. The molecule has 5 rings (SSSR count). The zero-order valence-corrected chi connectivity index (χ0v) is 21.7. The van der Waals surface area contributed by atoms with Crippen molar-refractivity contribution in [3.05, 3.63) is 72.8 Å². The van der Waals surface area contributed by atoms with E-state index >= 15 is 0 Å². The van der Waals surface area contributed by atoms with E-state index < -0.39 is 18.3 Å². The van der Waals surface area contributed by atoms with Crippen LogP contribution < -0.4 is 10.2 Å². The molecule has 1 aliphatic heterocycles. The molecule has 4 aromatic rings. The van der Waals surface area contributed by atoms with Crippen LogP contribution in [0.2, 0.25) is 0 Å². The molecule has 0 amide bonds. The molecule has 1 atom stereocenters.